The molecule has 0 heterocycles. The van der Waals surface area contributed by atoms with Crippen molar-refractivity contribution in [1.29, 1.82) is 0 Å². The lowest BCUT2D eigenvalue weighted by Gasteiger charge is -2.33. The lowest BCUT2D eigenvalue weighted by molar-refractivity contribution is -0.145. The molecule has 100 valence electrons. The largest absolute Gasteiger partial charge is 0.466 e. The van der Waals surface area contributed by atoms with E-state index in [-0.39, 0.29) is 11.5 Å². The van der Waals surface area contributed by atoms with Crippen LogP contribution < -0.4 is 5.32 Å². The van der Waals surface area contributed by atoms with Gasteiger partial charge in [0, 0.05) is 5.54 Å². The van der Waals surface area contributed by atoms with Crippen LogP contribution in [0.3, 0.4) is 0 Å². The van der Waals surface area contributed by atoms with E-state index >= 15 is 0 Å². The number of rotatable bonds is 5. The Hall–Kier alpha value is -0.570. The minimum Gasteiger partial charge on any atom is -0.466 e. The van der Waals surface area contributed by atoms with Gasteiger partial charge in [0.1, 0.15) is 0 Å². The van der Waals surface area contributed by atoms with Crippen molar-refractivity contribution in [3.8, 4) is 0 Å². The number of nitrogens with one attached hydrogen (secondary N) is 1. The molecule has 17 heavy (non-hydrogen) atoms. The monoisotopic (exact) mass is 241 g/mol. The topological polar surface area (TPSA) is 38.3 Å². The molecule has 0 radical (unpaired) electrons. The second kappa shape index (κ2) is 7.00. The minimum atomic E-state index is -0.0528. The van der Waals surface area contributed by atoms with E-state index in [1.807, 2.05) is 6.92 Å². The standard InChI is InChI=1S/C14H27NO2/c1-4-15-14(11-13(16)17-5-2)9-6-7-12(3)8-10-14/h12,15H,4-11H2,1-3H3. The highest BCUT2D eigenvalue weighted by Gasteiger charge is 2.34. The molecule has 3 nitrogen and oxygen atoms in total. The molecule has 1 aliphatic rings. The maximum absolute atomic E-state index is 11.7. The van der Waals surface area contributed by atoms with E-state index in [1.165, 1.54) is 19.3 Å². The van der Waals surface area contributed by atoms with E-state index in [1.54, 1.807) is 0 Å². The van der Waals surface area contributed by atoms with E-state index < -0.39 is 0 Å². The molecule has 3 heteroatoms. The van der Waals surface area contributed by atoms with Crippen LogP contribution in [0, 0.1) is 5.92 Å². The molecule has 2 atom stereocenters. The molecule has 1 fully saturated rings. The van der Waals surface area contributed by atoms with E-state index in [0.717, 1.165) is 25.3 Å². The maximum Gasteiger partial charge on any atom is 0.307 e. The van der Waals surface area contributed by atoms with Crippen LogP contribution in [-0.2, 0) is 9.53 Å². The van der Waals surface area contributed by atoms with Gasteiger partial charge >= 0.3 is 5.97 Å². The fourth-order valence-electron chi connectivity index (χ4n) is 2.86. The number of carbonyl (C=O) groups excluding carboxylic acids is 1. The lowest BCUT2D eigenvalue weighted by Crippen LogP contribution is -2.46. The van der Waals surface area contributed by atoms with Gasteiger partial charge in [-0.2, -0.15) is 0 Å². The van der Waals surface area contributed by atoms with Crippen molar-refractivity contribution in [2.45, 2.75) is 64.8 Å². The zero-order chi connectivity index (χ0) is 12.7. The molecule has 0 aromatic carbocycles. The van der Waals surface area contributed by atoms with Crippen LogP contribution in [-0.4, -0.2) is 24.7 Å². The third-order valence-electron chi connectivity index (χ3n) is 3.81. The Morgan fingerprint density at radius 3 is 2.76 bits per heavy atom. The Bertz CT molecular complexity index is 242. The summed E-state index contributed by atoms with van der Waals surface area (Å²) in [6, 6.07) is 0. The summed E-state index contributed by atoms with van der Waals surface area (Å²) in [5.41, 5.74) is -0.00817. The Balaban J connectivity index is 2.63. The van der Waals surface area contributed by atoms with Gasteiger partial charge in [-0.15, -0.1) is 0 Å². The van der Waals surface area contributed by atoms with Crippen molar-refractivity contribution in [3.05, 3.63) is 0 Å². The van der Waals surface area contributed by atoms with Crippen molar-refractivity contribution in [3.63, 3.8) is 0 Å². The van der Waals surface area contributed by atoms with Crippen molar-refractivity contribution in [2.75, 3.05) is 13.2 Å². The number of ether oxygens (including phenoxy) is 1. The molecule has 0 saturated heterocycles. The Morgan fingerprint density at radius 2 is 2.12 bits per heavy atom. The Labute approximate surface area is 105 Å². The quantitative estimate of drug-likeness (QED) is 0.594. The average Bonchev–Trinajstić information content (AvgIpc) is 2.43. The van der Waals surface area contributed by atoms with Crippen molar-refractivity contribution in [2.24, 2.45) is 5.92 Å². The van der Waals surface area contributed by atoms with E-state index in [0.29, 0.717) is 13.0 Å². The van der Waals surface area contributed by atoms with Gasteiger partial charge in [-0.05, 0) is 38.6 Å². The summed E-state index contributed by atoms with van der Waals surface area (Å²) in [6.07, 6.45) is 6.45. The second-order valence-electron chi connectivity index (χ2n) is 5.33. The fourth-order valence-corrected chi connectivity index (χ4v) is 2.86. The smallest absolute Gasteiger partial charge is 0.307 e. The summed E-state index contributed by atoms with van der Waals surface area (Å²) in [4.78, 5) is 11.7. The normalized spacial score (nSPS) is 29.7. The summed E-state index contributed by atoms with van der Waals surface area (Å²) < 4.78 is 5.10. The molecule has 0 amide bonds. The molecule has 1 aliphatic carbocycles. The SMILES string of the molecule is CCNC1(CC(=O)OCC)CCCC(C)CC1. The van der Waals surface area contributed by atoms with Crippen LogP contribution in [0.25, 0.3) is 0 Å². The van der Waals surface area contributed by atoms with Crippen LogP contribution in [0.1, 0.15) is 59.3 Å². The molecule has 1 N–H and O–H groups in total. The van der Waals surface area contributed by atoms with Gasteiger partial charge in [-0.3, -0.25) is 4.79 Å². The summed E-state index contributed by atoms with van der Waals surface area (Å²) in [5, 5.41) is 3.55. The zero-order valence-electron chi connectivity index (χ0n) is 11.6. The summed E-state index contributed by atoms with van der Waals surface area (Å²) >= 11 is 0. The van der Waals surface area contributed by atoms with Gasteiger partial charge in [-0.1, -0.05) is 26.7 Å². The first-order valence-electron chi connectivity index (χ1n) is 7.02. The zero-order valence-corrected chi connectivity index (χ0v) is 11.6. The van der Waals surface area contributed by atoms with Crippen LogP contribution in [0.5, 0.6) is 0 Å². The van der Waals surface area contributed by atoms with Crippen LogP contribution in [0.15, 0.2) is 0 Å². The maximum atomic E-state index is 11.7. The third kappa shape index (κ3) is 4.66. The summed E-state index contributed by atoms with van der Waals surface area (Å²) in [7, 11) is 0. The third-order valence-corrected chi connectivity index (χ3v) is 3.81. The number of esters is 1. The molecule has 1 saturated carbocycles. The summed E-state index contributed by atoms with van der Waals surface area (Å²) in [5.74, 6) is 0.737. The highest BCUT2D eigenvalue weighted by molar-refractivity contribution is 5.70. The predicted octanol–water partition coefficient (Wildman–Crippen LogP) is 2.89. The van der Waals surface area contributed by atoms with Crippen molar-refractivity contribution in [1.82, 2.24) is 5.32 Å². The molecular formula is C14H27NO2. The average molecular weight is 241 g/mol. The first-order valence-corrected chi connectivity index (χ1v) is 7.02. The molecule has 2 unspecified atom stereocenters. The second-order valence-corrected chi connectivity index (χ2v) is 5.33. The Kier molecular flexibility index (Phi) is 5.96. The number of carbonyl (C=O) groups is 1. The summed E-state index contributed by atoms with van der Waals surface area (Å²) in [6.45, 7) is 7.70. The van der Waals surface area contributed by atoms with Gasteiger partial charge in [0.2, 0.25) is 0 Å². The van der Waals surface area contributed by atoms with Crippen LogP contribution in [0.2, 0.25) is 0 Å². The molecule has 0 aromatic rings. The molecule has 0 spiro atoms. The first kappa shape index (κ1) is 14.5. The lowest BCUT2D eigenvalue weighted by atomic mass is 9.86. The van der Waals surface area contributed by atoms with E-state index in [2.05, 4.69) is 19.2 Å². The van der Waals surface area contributed by atoms with Gasteiger partial charge in [-0.25, -0.2) is 0 Å². The van der Waals surface area contributed by atoms with Gasteiger partial charge < -0.3 is 10.1 Å². The van der Waals surface area contributed by atoms with Crippen LogP contribution in [0.4, 0.5) is 0 Å². The van der Waals surface area contributed by atoms with Crippen molar-refractivity contribution >= 4 is 5.97 Å². The molecule has 0 aromatic heterocycles. The molecular weight excluding hydrogens is 214 g/mol. The fraction of sp³-hybridized carbons (Fsp3) is 0.929. The highest BCUT2D eigenvalue weighted by atomic mass is 16.5. The first-order chi connectivity index (χ1) is 8.12. The molecule has 0 bridgehead atoms. The van der Waals surface area contributed by atoms with E-state index in [9.17, 15) is 4.79 Å². The van der Waals surface area contributed by atoms with Gasteiger partial charge in [0.05, 0.1) is 13.0 Å². The van der Waals surface area contributed by atoms with Gasteiger partial charge in [0.25, 0.3) is 0 Å². The minimum absolute atomic E-state index is 0.00817. The Morgan fingerprint density at radius 1 is 1.35 bits per heavy atom. The van der Waals surface area contributed by atoms with E-state index in [4.69, 9.17) is 4.74 Å². The molecule has 1 rings (SSSR count). The number of hydrogen-bond donors (Lipinski definition) is 1. The van der Waals surface area contributed by atoms with Crippen LogP contribution >= 0.6 is 0 Å². The van der Waals surface area contributed by atoms with Crippen molar-refractivity contribution < 1.29 is 9.53 Å². The highest BCUT2D eigenvalue weighted by Crippen LogP contribution is 2.32. The molecule has 0 aliphatic heterocycles. The predicted molar refractivity (Wildman–Crippen MR) is 69.9 cm³/mol. The van der Waals surface area contributed by atoms with Gasteiger partial charge in [0.15, 0.2) is 0 Å². The number of hydrogen-bond acceptors (Lipinski definition) is 3.